The molecule has 0 radical (unpaired) electrons. The van der Waals surface area contributed by atoms with Crippen molar-refractivity contribution in [1.29, 1.82) is 0 Å². The Kier molecular flexibility index (Phi) is 3.73. The fourth-order valence-corrected chi connectivity index (χ4v) is 3.18. The van der Waals surface area contributed by atoms with Gasteiger partial charge < -0.3 is 29.7 Å². The summed E-state index contributed by atoms with van der Waals surface area (Å²) in [5, 5.41) is 39.6. The first-order valence-electron chi connectivity index (χ1n) is 6.89. The quantitative estimate of drug-likeness (QED) is 0.534. The molecule has 22 heavy (non-hydrogen) atoms. The average molecular weight is 310 g/mol. The number of hydrogen-bond donors (Lipinski definition) is 4. The van der Waals surface area contributed by atoms with E-state index in [4.69, 9.17) is 4.74 Å². The van der Waals surface area contributed by atoms with E-state index >= 15 is 0 Å². The number of ether oxygens (including phenoxy) is 1. The Morgan fingerprint density at radius 3 is 2.77 bits per heavy atom. The summed E-state index contributed by atoms with van der Waals surface area (Å²) in [6, 6.07) is -0.660. The molecule has 0 bridgehead atoms. The molecular formula is C13H18N4O5. The molecule has 2 heterocycles. The molecule has 2 aromatic heterocycles. The number of nitrogens with zero attached hydrogens (tertiary/aromatic N) is 4. The lowest BCUT2D eigenvalue weighted by Crippen LogP contribution is -2.43. The largest absolute Gasteiger partial charge is 0.479 e. The molecule has 1 aliphatic rings. The van der Waals surface area contributed by atoms with Crippen LogP contribution in [0.4, 0.5) is 0 Å². The molecule has 2 aromatic rings. The topological polar surface area (TPSA) is 134 Å². The Labute approximate surface area is 125 Å². The number of fused-ring (bicyclic) bond motifs is 1. The van der Waals surface area contributed by atoms with Gasteiger partial charge in [-0.1, -0.05) is 0 Å². The standard InChI is InChI=1S/C13H18N4O5/c1-22-12-8-11(14-5-15-12)17(6-16-8)9-7(3-18)2-13(21,4-19)10(9)20/h5-7,9-10,18-21H,2-4H2,1H3/t7-,9+,10-,13+/m0/s1. The molecule has 0 aromatic carbocycles. The molecule has 4 atom stereocenters. The molecule has 0 aliphatic heterocycles. The minimum atomic E-state index is -1.66. The van der Waals surface area contributed by atoms with E-state index in [2.05, 4.69) is 15.0 Å². The Hall–Kier alpha value is -1.81. The normalized spacial score (nSPS) is 31.8. The number of hydrogen-bond acceptors (Lipinski definition) is 8. The summed E-state index contributed by atoms with van der Waals surface area (Å²) in [6.45, 7) is -0.835. The Balaban J connectivity index is 2.10. The van der Waals surface area contributed by atoms with Gasteiger partial charge in [-0.25, -0.2) is 9.97 Å². The summed E-state index contributed by atoms with van der Waals surface area (Å²) < 4.78 is 6.70. The van der Waals surface area contributed by atoms with Gasteiger partial charge in [0.25, 0.3) is 0 Å². The van der Waals surface area contributed by atoms with Gasteiger partial charge in [0, 0.05) is 12.5 Å². The third kappa shape index (κ3) is 2.05. The summed E-state index contributed by atoms with van der Waals surface area (Å²) in [7, 11) is 1.46. The third-order valence-electron chi connectivity index (χ3n) is 4.32. The second-order valence-corrected chi connectivity index (χ2v) is 5.55. The van der Waals surface area contributed by atoms with Crippen LogP contribution in [0.5, 0.6) is 5.88 Å². The monoisotopic (exact) mass is 310 g/mol. The van der Waals surface area contributed by atoms with Gasteiger partial charge in [0.15, 0.2) is 11.2 Å². The van der Waals surface area contributed by atoms with E-state index in [9.17, 15) is 20.4 Å². The molecule has 9 nitrogen and oxygen atoms in total. The second kappa shape index (κ2) is 5.43. The summed E-state index contributed by atoms with van der Waals surface area (Å²) in [6.07, 6.45) is 1.59. The fourth-order valence-electron chi connectivity index (χ4n) is 3.18. The molecule has 1 saturated carbocycles. The van der Waals surface area contributed by atoms with E-state index < -0.39 is 30.3 Å². The zero-order chi connectivity index (χ0) is 15.9. The van der Waals surface area contributed by atoms with Crippen molar-refractivity contribution in [2.24, 2.45) is 5.92 Å². The lowest BCUT2D eigenvalue weighted by molar-refractivity contribution is -0.0944. The van der Waals surface area contributed by atoms with E-state index in [0.717, 1.165) is 0 Å². The lowest BCUT2D eigenvalue weighted by atomic mass is 10.0. The fraction of sp³-hybridized carbons (Fsp3) is 0.615. The Morgan fingerprint density at radius 1 is 1.36 bits per heavy atom. The van der Waals surface area contributed by atoms with Crippen molar-refractivity contribution in [1.82, 2.24) is 19.5 Å². The highest BCUT2D eigenvalue weighted by atomic mass is 16.5. The first-order chi connectivity index (χ1) is 10.6. The van der Waals surface area contributed by atoms with Crippen LogP contribution in [0.3, 0.4) is 0 Å². The summed E-state index contributed by atoms with van der Waals surface area (Å²) in [5.41, 5.74) is -0.809. The molecule has 120 valence electrons. The predicted molar refractivity (Wildman–Crippen MR) is 74.1 cm³/mol. The van der Waals surface area contributed by atoms with Crippen LogP contribution in [-0.2, 0) is 0 Å². The molecule has 0 unspecified atom stereocenters. The zero-order valence-corrected chi connectivity index (χ0v) is 12.0. The maximum atomic E-state index is 10.4. The van der Waals surface area contributed by atoms with Crippen LogP contribution in [0, 0.1) is 5.92 Å². The molecule has 0 amide bonds. The predicted octanol–water partition coefficient (Wildman–Crippen LogP) is -1.53. The van der Waals surface area contributed by atoms with Crippen molar-refractivity contribution in [2.75, 3.05) is 20.3 Å². The number of methoxy groups -OCH3 is 1. The van der Waals surface area contributed by atoms with Crippen LogP contribution in [0.2, 0.25) is 0 Å². The maximum absolute atomic E-state index is 10.4. The zero-order valence-electron chi connectivity index (χ0n) is 12.0. The van der Waals surface area contributed by atoms with Crippen molar-refractivity contribution in [3.8, 4) is 5.88 Å². The average Bonchev–Trinajstić information content (AvgIpc) is 3.07. The van der Waals surface area contributed by atoms with Crippen LogP contribution in [0.15, 0.2) is 12.7 Å². The maximum Gasteiger partial charge on any atom is 0.245 e. The molecule has 1 fully saturated rings. The first-order valence-corrected chi connectivity index (χ1v) is 6.89. The highest BCUT2D eigenvalue weighted by molar-refractivity contribution is 5.76. The van der Waals surface area contributed by atoms with E-state index in [1.165, 1.54) is 19.8 Å². The third-order valence-corrected chi connectivity index (χ3v) is 4.32. The molecule has 0 spiro atoms. The summed E-state index contributed by atoms with van der Waals surface area (Å²) in [4.78, 5) is 12.3. The molecular weight excluding hydrogens is 292 g/mol. The van der Waals surface area contributed by atoms with E-state index in [1.54, 1.807) is 4.57 Å². The van der Waals surface area contributed by atoms with Crippen molar-refractivity contribution in [3.05, 3.63) is 12.7 Å². The van der Waals surface area contributed by atoms with E-state index in [-0.39, 0.29) is 13.0 Å². The van der Waals surface area contributed by atoms with Crippen molar-refractivity contribution in [3.63, 3.8) is 0 Å². The number of rotatable bonds is 4. The van der Waals surface area contributed by atoms with Gasteiger partial charge in [-0.2, -0.15) is 4.98 Å². The molecule has 0 saturated heterocycles. The van der Waals surface area contributed by atoms with Gasteiger partial charge in [0.2, 0.25) is 5.88 Å². The SMILES string of the molecule is COc1ncnc2c1ncn2[C@@H]1[C@H](CO)C[C@@](O)(CO)[C@H]1O. The van der Waals surface area contributed by atoms with Crippen LogP contribution < -0.4 is 4.74 Å². The minimum Gasteiger partial charge on any atom is -0.479 e. The highest BCUT2D eigenvalue weighted by Gasteiger charge is 2.52. The Morgan fingerprint density at radius 2 is 2.14 bits per heavy atom. The van der Waals surface area contributed by atoms with Gasteiger partial charge in [-0.15, -0.1) is 0 Å². The van der Waals surface area contributed by atoms with Crippen LogP contribution in [0.1, 0.15) is 12.5 Å². The van der Waals surface area contributed by atoms with Crippen molar-refractivity contribution in [2.45, 2.75) is 24.2 Å². The lowest BCUT2D eigenvalue weighted by Gasteiger charge is -2.27. The molecule has 1 aliphatic carbocycles. The summed E-state index contributed by atoms with van der Waals surface area (Å²) >= 11 is 0. The van der Waals surface area contributed by atoms with Gasteiger partial charge in [-0.3, -0.25) is 0 Å². The van der Waals surface area contributed by atoms with Crippen molar-refractivity contribution >= 4 is 11.2 Å². The number of aliphatic hydroxyl groups is 4. The van der Waals surface area contributed by atoms with Crippen LogP contribution in [0.25, 0.3) is 11.2 Å². The Bertz CT molecular complexity index is 677. The second-order valence-electron chi connectivity index (χ2n) is 5.55. The van der Waals surface area contributed by atoms with Gasteiger partial charge in [-0.05, 0) is 6.42 Å². The minimum absolute atomic E-state index is 0.0771. The highest BCUT2D eigenvalue weighted by Crippen LogP contribution is 2.43. The van der Waals surface area contributed by atoms with Crippen molar-refractivity contribution < 1.29 is 25.2 Å². The number of aromatic nitrogens is 4. The smallest absolute Gasteiger partial charge is 0.245 e. The molecule has 4 N–H and O–H groups in total. The molecule has 9 heteroatoms. The molecule has 3 rings (SSSR count). The first kappa shape index (κ1) is 15.1. The number of aliphatic hydroxyl groups excluding tert-OH is 3. The van der Waals surface area contributed by atoms with Gasteiger partial charge >= 0.3 is 0 Å². The van der Waals surface area contributed by atoms with Gasteiger partial charge in [0.05, 0.1) is 26.1 Å². The summed E-state index contributed by atoms with van der Waals surface area (Å²) in [5.74, 6) is -0.139. The van der Waals surface area contributed by atoms with Gasteiger partial charge in [0.1, 0.15) is 18.0 Å². The van der Waals surface area contributed by atoms with Crippen LogP contribution in [-0.4, -0.2) is 72.0 Å². The van der Waals surface area contributed by atoms with E-state index in [0.29, 0.717) is 17.0 Å². The van der Waals surface area contributed by atoms with Crippen LogP contribution >= 0.6 is 0 Å². The number of imidazole rings is 1. The van der Waals surface area contributed by atoms with E-state index in [1.807, 2.05) is 0 Å².